The Morgan fingerprint density at radius 3 is 2.94 bits per heavy atom. The number of rotatable bonds is 3. The molecular formula is C10H10ClN3OS. The number of benzene rings is 1. The summed E-state index contributed by atoms with van der Waals surface area (Å²) >= 11 is 7.41. The fourth-order valence-electron chi connectivity index (χ4n) is 1.25. The van der Waals surface area contributed by atoms with Crippen LogP contribution in [0, 0.1) is 6.92 Å². The first kappa shape index (κ1) is 11.4. The third-order valence-electron chi connectivity index (χ3n) is 1.99. The third kappa shape index (κ3) is 2.37. The standard InChI is InChI=1S/C10H10ClN3OS/c1-6-12-10(14-13-6)16-9-7(5-15)3-2-4-8(9)11/h2-4,15H,5H2,1H3,(H,12,13,14). The van der Waals surface area contributed by atoms with Crippen molar-refractivity contribution in [3.63, 3.8) is 0 Å². The van der Waals surface area contributed by atoms with Crippen molar-refractivity contribution in [2.24, 2.45) is 0 Å². The maximum Gasteiger partial charge on any atom is 0.213 e. The van der Waals surface area contributed by atoms with Crippen molar-refractivity contribution in [1.82, 2.24) is 15.2 Å². The van der Waals surface area contributed by atoms with Gasteiger partial charge in [-0.25, -0.2) is 4.98 Å². The highest BCUT2D eigenvalue weighted by molar-refractivity contribution is 7.99. The average Bonchev–Trinajstić information content (AvgIpc) is 2.67. The summed E-state index contributed by atoms with van der Waals surface area (Å²) in [6, 6.07) is 5.41. The van der Waals surface area contributed by atoms with Gasteiger partial charge < -0.3 is 5.11 Å². The molecule has 0 saturated heterocycles. The summed E-state index contributed by atoms with van der Waals surface area (Å²) in [4.78, 5) is 4.98. The van der Waals surface area contributed by atoms with E-state index in [9.17, 15) is 5.11 Å². The van der Waals surface area contributed by atoms with Crippen LogP contribution in [-0.4, -0.2) is 20.3 Å². The van der Waals surface area contributed by atoms with E-state index < -0.39 is 0 Å². The zero-order valence-electron chi connectivity index (χ0n) is 8.57. The van der Waals surface area contributed by atoms with Crippen molar-refractivity contribution in [1.29, 1.82) is 0 Å². The van der Waals surface area contributed by atoms with Crippen molar-refractivity contribution in [2.75, 3.05) is 0 Å². The van der Waals surface area contributed by atoms with Crippen molar-refractivity contribution < 1.29 is 5.11 Å². The Morgan fingerprint density at radius 1 is 1.50 bits per heavy atom. The molecule has 6 heteroatoms. The highest BCUT2D eigenvalue weighted by atomic mass is 35.5. The molecule has 0 aliphatic heterocycles. The summed E-state index contributed by atoms with van der Waals surface area (Å²) in [7, 11) is 0. The van der Waals surface area contributed by atoms with Crippen LogP contribution in [0.2, 0.25) is 5.02 Å². The summed E-state index contributed by atoms with van der Waals surface area (Å²) < 4.78 is 0. The molecule has 4 nitrogen and oxygen atoms in total. The van der Waals surface area contributed by atoms with Crippen LogP contribution in [-0.2, 0) is 6.61 Å². The van der Waals surface area contributed by atoms with Crippen molar-refractivity contribution in [2.45, 2.75) is 23.6 Å². The number of aromatic amines is 1. The summed E-state index contributed by atoms with van der Waals surface area (Å²) in [5, 5.41) is 17.2. The third-order valence-corrected chi connectivity index (χ3v) is 3.47. The van der Waals surface area contributed by atoms with E-state index in [0.717, 1.165) is 16.3 Å². The second-order valence-electron chi connectivity index (χ2n) is 3.19. The van der Waals surface area contributed by atoms with Crippen LogP contribution in [0.25, 0.3) is 0 Å². The van der Waals surface area contributed by atoms with Crippen LogP contribution < -0.4 is 0 Å². The molecule has 0 bridgehead atoms. The quantitative estimate of drug-likeness (QED) is 0.884. The average molecular weight is 256 g/mol. The molecule has 0 radical (unpaired) electrons. The number of aryl methyl sites for hydroxylation is 1. The first-order valence-electron chi connectivity index (χ1n) is 4.66. The number of aromatic nitrogens is 3. The minimum atomic E-state index is -0.0493. The zero-order chi connectivity index (χ0) is 11.5. The van der Waals surface area contributed by atoms with Gasteiger partial charge in [-0.15, -0.1) is 5.10 Å². The smallest absolute Gasteiger partial charge is 0.213 e. The molecule has 2 rings (SSSR count). The predicted molar refractivity (Wildman–Crippen MR) is 62.6 cm³/mol. The SMILES string of the molecule is Cc1nc(Sc2c(Cl)cccc2CO)n[nH]1. The van der Waals surface area contributed by atoms with E-state index in [-0.39, 0.29) is 6.61 Å². The van der Waals surface area contributed by atoms with Crippen molar-refractivity contribution in [3.8, 4) is 0 Å². The largest absolute Gasteiger partial charge is 0.392 e. The Hall–Kier alpha value is -1.04. The number of H-pyrrole nitrogens is 1. The van der Waals surface area contributed by atoms with E-state index in [1.807, 2.05) is 13.0 Å². The van der Waals surface area contributed by atoms with Crippen LogP contribution in [0.15, 0.2) is 28.3 Å². The first-order chi connectivity index (χ1) is 7.70. The fourth-order valence-corrected chi connectivity index (χ4v) is 2.45. The lowest BCUT2D eigenvalue weighted by Crippen LogP contribution is -1.89. The van der Waals surface area contributed by atoms with Gasteiger partial charge >= 0.3 is 0 Å². The first-order valence-corrected chi connectivity index (χ1v) is 5.85. The number of nitrogens with zero attached hydrogens (tertiary/aromatic N) is 2. The Bertz CT molecular complexity index is 501. The van der Waals surface area contributed by atoms with Gasteiger partial charge in [0.05, 0.1) is 11.6 Å². The highest BCUT2D eigenvalue weighted by Crippen LogP contribution is 2.34. The van der Waals surface area contributed by atoms with Gasteiger partial charge in [0.15, 0.2) is 0 Å². The lowest BCUT2D eigenvalue weighted by molar-refractivity contribution is 0.279. The van der Waals surface area contributed by atoms with Crippen LogP contribution >= 0.6 is 23.4 Å². The van der Waals surface area contributed by atoms with Gasteiger partial charge in [-0.2, -0.15) is 0 Å². The van der Waals surface area contributed by atoms with E-state index in [1.54, 1.807) is 12.1 Å². The topological polar surface area (TPSA) is 61.8 Å². The van der Waals surface area contributed by atoms with Gasteiger partial charge in [0.2, 0.25) is 5.16 Å². The van der Waals surface area contributed by atoms with Gasteiger partial charge in [0.25, 0.3) is 0 Å². The molecule has 84 valence electrons. The molecule has 0 fully saturated rings. The van der Waals surface area contributed by atoms with Gasteiger partial charge in [0.1, 0.15) is 5.82 Å². The van der Waals surface area contributed by atoms with Crippen molar-refractivity contribution in [3.05, 3.63) is 34.6 Å². The van der Waals surface area contributed by atoms with Gasteiger partial charge in [-0.3, -0.25) is 5.10 Å². The molecule has 0 unspecified atom stereocenters. The number of halogens is 1. The monoisotopic (exact) mass is 255 g/mol. The van der Waals surface area contributed by atoms with E-state index in [4.69, 9.17) is 11.6 Å². The molecular weight excluding hydrogens is 246 g/mol. The summed E-state index contributed by atoms with van der Waals surface area (Å²) in [5.41, 5.74) is 0.778. The summed E-state index contributed by atoms with van der Waals surface area (Å²) in [5.74, 6) is 0.750. The fraction of sp³-hybridized carbons (Fsp3) is 0.200. The molecule has 0 saturated carbocycles. The normalized spacial score (nSPS) is 10.7. The number of aliphatic hydroxyl groups is 1. The molecule has 16 heavy (non-hydrogen) atoms. The maximum absolute atomic E-state index is 9.21. The van der Waals surface area contributed by atoms with E-state index in [1.165, 1.54) is 11.8 Å². The van der Waals surface area contributed by atoms with Crippen LogP contribution in [0.3, 0.4) is 0 Å². The van der Waals surface area contributed by atoms with Crippen molar-refractivity contribution >= 4 is 23.4 Å². The molecule has 2 N–H and O–H groups in total. The number of nitrogens with one attached hydrogen (secondary N) is 1. The maximum atomic E-state index is 9.21. The molecule has 0 aliphatic carbocycles. The molecule has 1 aromatic heterocycles. The zero-order valence-corrected chi connectivity index (χ0v) is 10.1. The summed E-state index contributed by atoms with van der Waals surface area (Å²) in [6.07, 6.45) is 0. The minimum Gasteiger partial charge on any atom is -0.392 e. The highest BCUT2D eigenvalue weighted by Gasteiger charge is 2.10. The lowest BCUT2D eigenvalue weighted by Gasteiger charge is -2.06. The molecule has 1 aromatic carbocycles. The van der Waals surface area contributed by atoms with Gasteiger partial charge in [-0.05, 0) is 30.3 Å². The van der Waals surface area contributed by atoms with E-state index in [2.05, 4.69) is 15.2 Å². The second kappa shape index (κ2) is 4.86. The molecule has 0 atom stereocenters. The Labute approximate surface area is 102 Å². The number of hydrogen-bond acceptors (Lipinski definition) is 4. The van der Waals surface area contributed by atoms with Gasteiger partial charge in [0, 0.05) is 4.90 Å². The van der Waals surface area contributed by atoms with E-state index in [0.29, 0.717) is 10.2 Å². The molecule has 0 spiro atoms. The van der Waals surface area contributed by atoms with E-state index >= 15 is 0 Å². The minimum absolute atomic E-state index is 0.0493. The van der Waals surface area contributed by atoms with Crippen LogP contribution in [0.1, 0.15) is 11.4 Å². The lowest BCUT2D eigenvalue weighted by atomic mass is 10.2. The Kier molecular flexibility index (Phi) is 3.48. The molecule has 0 aliphatic rings. The molecule has 0 amide bonds. The summed E-state index contributed by atoms with van der Waals surface area (Å²) in [6.45, 7) is 1.78. The number of hydrogen-bond donors (Lipinski definition) is 2. The number of aliphatic hydroxyl groups excluding tert-OH is 1. The van der Waals surface area contributed by atoms with Crippen LogP contribution in [0.5, 0.6) is 0 Å². The van der Waals surface area contributed by atoms with Gasteiger partial charge in [-0.1, -0.05) is 23.7 Å². The molecule has 2 aromatic rings. The Morgan fingerprint density at radius 2 is 2.31 bits per heavy atom. The Balaban J connectivity index is 2.33. The van der Waals surface area contributed by atoms with Crippen LogP contribution in [0.4, 0.5) is 0 Å². The molecule has 1 heterocycles. The second-order valence-corrected chi connectivity index (χ2v) is 4.58. The predicted octanol–water partition coefficient (Wildman–Crippen LogP) is 2.41.